The molecule has 0 unspecified atom stereocenters. The third-order valence-corrected chi connectivity index (χ3v) is 2.19. The summed E-state index contributed by atoms with van der Waals surface area (Å²) in [4.78, 5) is 4.32. The van der Waals surface area contributed by atoms with Crippen LogP contribution >= 0.6 is 0 Å². The summed E-state index contributed by atoms with van der Waals surface area (Å²) in [5.74, 6) is 0. The van der Waals surface area contributed by atoms with Crippen LogP contribution in [0.2, 0.25) is 0 Å². The fraction of sp³-hybridized carbons (Fsp3) is 0.182. The monoisotopic (exact) mass is 172 g/mol. The second kappa shape index (κ2) is 3.15. The Labute approximate surface area is 77.4 Å². The van der Waals surface area contributed by atoms with E-state index in [0.29, 0.717) is 6.54 Å². The summed E-state index contributed by atoms with van der Waals surface area (Å²) in [5.41, 5.74) is 9.02. The summed E-state index contributed by atoms with van der Waals surface area (Å²) in [6, 6.07) is 8.20. The van der Waals surface area contributed by atoms with Gasteiger partial charge in [-0.3, -0.25) is 4.98 Å². The third kappa shape index (κ3) is 1.40. The van der Waals surface area contributed by atoms with Crippen LogP contribution in [0.5, 0.6) is 0 Å². The average molecular weight is 172 g/mol. The van der Waals surface area contributed by atoms with Crippen molar-refractivity contribution in [2.45, 2.75) is 13.5 Å². The Morgan fingerprint density at radius 2 is 2.23 bits per heavy atom. The average Bonchev–Trinajstić information content (AvgIpc) is 2.18. The fourth-order valence-electron chi connectivity index (χ4n) is 1.57. The molecule has 2 aromatic rings. The number of aryl methyl sites for hydroxylation is 1. The lowest BCUT2D eigenvalue weighted by molar-refractivity contribution is 1.07. The zero-order valence-corrected chi connectivity index (χ0v) is 7.62. The number of rotatable bonds is 1. The Kier molecular flexibility index (Phi) is 1.99. The maximum atomic E-state index is 5.59. The number of hydrogen-bond donors (Lipinski definition) is 1. The van der Waals surface area contributed by atoms with Crippen molar-refractivity contribution in [3.05, 3.63) is 41.6 Å². The van der Waals surface area contributed by atoms with Crippen LogP contribution in [0.25, 0.3) is 10.9 Å². The van der Waals surface area contributed by atoms with Gasteiger partial charge in [0.1, 0.15) is 0 Å². The summed E-state index contributed by atoms with van der Waals surface area (Å²) in [7, 11) is 0. The first kappa shape index (κ1) is 8.20. The fourth-order valence-corrected chi connectivity index (χ4v) is 1.57. The lowest BCUT2D eigenvalue weighted by Gasteiger charge is -2.03. The number of benzene rings is 1. The van der Waals surface area contributed by atoms with Gasteiger partial charge in [0, 0.05) is 18.1 Å². The van der Waals surface area contributed by atoms with Gasteiger partial charge in [0.25, 0.3) is 0 Å². The Bertz CT molecular complexity index is 435. The maximum absolute atomic E-state index is 5.59. The molecule has 1 aromatic heterocycles. The lowest BCUT2D eigenvalue weighted by Crippen LogP contribution is -1.97. The van der Waals surface area contributed by atoms with Gasteiger partial charge in [-0.05, 0) is 30.2 Å². The standard InChI is InChI=1S/C11H12N2/c1-8-5-9(7-12)6-10-3-2-4-13-11(8)10/h2-6H,7,12H2,1H3. The number of fused-ring (bicyclic) bond motifs is 1. The van der Waals surface area contributed by atoms with E-state index in [4.69, 9.17) is 5.73 Å². The van der Waals surface area contributed by atoms with Gasteiger partial charge in [-0.2, -0.15) is 0 Å². The molecule has 2 rings (SSSR count). The SMILES string of the molecule is Cc1cc(CN)cc2cccnc12. The molecule has 0 aliphatic rings. The summed E-state index contributed by atoms with van der Waals surface area (Å²) in [6.07, 6.45) is 1.82. The highest BCUT2D eigenvalue weighted by atomic mass is 14.6. The first-order valence-corrected chi connectivity index (χ1v) is 4.35. The van der Waals surface area contributed by atoms with Gasteiger partial charge in [0.2, 0.25) is 0 Å². The molecule has 0 saturated carbocycles. The minimum Gasteiger partial charge on any atom is -0.326 e. The topological polar surface area (TPSA) is 38.9 Å². The van der Waals surface area contributed by atoms with Gasteiger partial charge in [-0.25, -0.2) is 0 Å². The minimum atomic E-state index is 0.589. The smallest absolute Gasteiger partial charge is 0.0731 e. The van der Waals surface area contributed by atoms with Crippen LogP contribution < -0.4 is 5.73 Å². The molecule has 0 bridgehead atoms. The molecular weight excluding hydrogens is 160 g/mol. The molecule has 0 fully saturated rings. The van der Waals surface area contributed by atoms with Crippen molar-refractivity contribution >= 4 is 10.9 Å². The number of nitrogens with zero attached hydrogens (tertiary/aromatic N) is 1. The molecule has 13 heavy (non-hydrogen) atoms. The molecule has 0 amide bonds. The van der Waals surface area contributed by atoms with Gasteiger partial charge in [0.15, 0.2) is 0 Å². The highest BCUT2D eigenvalue weighted by Gasteiger charge is 1.99. The highest BCUT2D eigenvalue weighted by molar-refractivity contribution is 5.82. The van der Waals surface area contributed by atoms with E-state index >= 15 is 0 Å². The molecule has 2 nitrogen and oxygen atoms in total. The largest absolute Gasteiger partial charge is 0.326 e. The van der Waals surface area contributed by atoms with Crippen molar-refractivity contribution in [2.24, 2.45) is 5.73 Å². The van der Waals surface area contributed by atoms with E-state index in [0.717, 1.165) is 11.1 Å². The number of hydrogen-bond acceptors (Lipinski definition) is 2. The predicted molar refractivity (Wildman–Crippen MR) is 54.4 cm³/mol. The Balaban J connectivity index is 2.77. The zero-order valence-electron chi connectivity index (χ0n) is 7.62. The van der Waals surface area contributed by atoms with E-state index in [9.17, 15) is 0 Å². The van der Waals surface area contributed by atoms with E-state index in [2.05, 4.69) is 30.1 Å². The summed E-state index contributed by atoms with van der Waals surface area (Å²) in [5, 5.41) is 1.17. The lowest BCUT2D eigenvalue weighted by atomic mass is 10.1. The number of pyridine rings is 1. The Hall–Kier alpha value is -1.41. The van der Waals surface area contributed by atoms with E-state index in [1.54, 1.807) is 0 Å². The van der Waals surface area contributed by atoms with Crippen molar-refractivity contribution in [1.29, 1.82) is 0 Å². The second-order valence-corrected chi connectivity index (χ2v) is 3.19. The van der Waals surface area contributed by atoms with Crippen LogP contribution in [0, 0.1) is 6.92 Å². The van der Waals surface area contributed by atoms with Gasteiger partial charge < -0.3 is 5.73 Å². The van der Waals surface area contributed by atoms with Crippen molar-refractivity contribution in [2.75, 3.05) is 0 Å². The number of nitrogens with two attached hydrogens (primary N) is 1. The van der Waals surface area contributed by atoms with Crippen molar-refractivity contribution in [1.82, 2.24) is 4.98 Å². The molecule has 66 valence electrons. The first-order chi connectivity index (χ1) is 6.31. The molecule has 0 spiro atoms. The first-order valence-electron chi connectivity index (χ1n) is 4.35. The molecule has 1 aromatic carbocycles. The molecule has 0 aliphatic carbocycles. The van der Waals surface area contributed by atoms with E-state index in [1.807, 2.05) is 12.3 Å². The molecule has 0 atom stereocenters. The molecule has 2 heteroatoms. The van der Waals surface area contributed by atoms with Crippen LogP contribution in [0.15, 0.2) is 30.5 Å². The van der Waals surface area contributed by atoms with Crippen LogP contribution in [0.4, 0.5) is 0 Å². The third-order valence-electron chi connectivity index (χ3n) is 2.19. The van der Waals surface area contributed by atoms with Gasteiger partial charge in [-0.15, -0.1) is 0 Å². The van der Waals surface area contributed by atoms with Gasteiger partial charge in [0.05, 0.1) is 5.52 Å². The summed E-state index contributed by atoms with van der Waals surface area (Å²) >= 11 is 0. The number of aromatic nitrogens is 1. The molecule has 0 saturated heterocycles. The Morgan fingerprint density at radius 3 is 3.00 bits per heavy atom. The van der Waals surface area contributed by atoms with E-state index in [1.165, 1.54) is 10.9 Å². The van der Waals surface area contributed by atoms with Crippen LogP contribution in [-0.4, -0.2) is 4.98 Å². The van der Waals surface area contributed by atoms with Crippen LogP contribution in [-0.2, 0) is 6.54 Å². The zero-order chi connectivity index (χ0) is 9.26. The predicted octanol–water partition coefficient (Wildman–Crippen LogP) is 2.00. The maximum Gasteiger partial charge on any atom is 0.0731 e. The van der Waals surface area contributed by atoms with Crippen molar-refractivity contribution in [3.63, 3.8) is 0 Å². The molecule has 0 aliphatic heterocycles. The summed E-state index contributed by atoms with van der Waals surface area (Å²) in [6.45, 7) is 2.65. The van der Waals surface area contributed by atoms with E-state index < -0.39 is 0 Å². The van der Waals surface area contributed by atoms with Crippen molar-refractivity contribution < 1.29 is 0 Å². The van der Waals surface area contributed by atoms with Gasteiger partial charge >= 0.3 is 0 Å². The molecular formula is C11H12N2. The van der Waals surface area contributed by atoms with Gasteiger partial charge in [-0.1, -0.05) is 12.1 Å². The summed E-state index contributed by atoms with van der Waals surface area (Å²) < 4.78 is 0. The molecule has 0 radical (unpaired) electrons. The van der Waals surface area contributed by atoms with Crippen LogP contribution in [0.3, 0.4) is 0 Å². The molecule has 1 heterocycles. The minimum absolute atomic E-state index is 0.589. The highest BCUT2D eigenvalue weighted by Crippen LogP contribution is 2.17. The van der Waals surface area contributed by atoms with Crippen LogP contribution in [0.1, 0.15) is 11.1 Å². The van der Waals surface area contributed by atoms with E-state index in [-0.39, 0.29) is 0 Å². The Morgan fingerprint density at radius 1 is 1.38 bits per heavy atom. The second-order valence-electron chi connectivity index (χ2n) is 3.19. The quantitative estimate of drug-likeness (QED) is 0.714. The van der Waals surface area contributed by atoms with Crippen molar-refractivity contribution in [3.8, 4) is 0 Å². The normalized spacial score (nSPS) is 10.6. The molecule has 2 N–H and O–H groups in total.